The molecule has 0 radical (unpaired) electrons. The number of nitrogens with two attached hydrogens (primary N) is 1. The highest BCUT2D eigenvalue weighted by molar-refractivity contribution is 4.81. The molecule has 162 valence electrons. The molecule has 0 aromatic rings. The number of aliphatic hydroxyl groups is 2. The monoisotopic (exact) mass is 383 g/mol. The molecule has 0 aromatic carbocycles. The van der Waals surface area contributed by atoms with Gasteiger partial charge >= 0.3 is 0 Å². The zero-order valence-corrected chi connectivity index (χ0v) is 18.4. The van der Waals surface area contributed by atoms with Gasteiger partial charge in [-0.1, -0.05) is 69.9 Å². The SMILES string of the molecule is CC(O)CC(CCCCCCCC=CCCCCCCCCN)CC(C)O. The summed E-state index contributed by atoms with van der Waals surface area (Å²) in [4.78, 5) is 0. The van der Waals surface area contributed by atoms with Crippen molar-refractivity contribution in [1.29, 1.82) is 0 Å². The van der Waals surface area contributed by atoms with Gasteiger partial charge in [-0.2, -0.15) is 0 Å². The number of unbranched alkanes of at least 4 members (excludes halogenated alkanes) is 11. The number of aliphatic hydroxyl groups excluding tert-OH is 2. The van der Waals surface area contributed by atoms with Crippen molar-refractivity contribution >= 4 is 0 Å². The van der Waals surface area contributed by atoms with Gasteiger partial charge in [0.1, 0.15) is 0 Å². The number of allylic oxidation sites excluding steroid dienone is 2. The standard InChI is InChI=1S/C24H49NO2/c1-22(26)20-24(21-23(2)27)18-16-14-12-10-8-6-4-3-5-7-9-11-13-15-17-19-25/h3-4,22-24,26-27H,5-21,25H2,1-2H3. The molecule has 27 heavy (non-hydrogen) atoms. The van der Waals surface area contributed by atoms with Crippen LogP contribution in [0, 0.1) is 5.92 Å². The van der Waals surface area contributed by atoms with Crippen LogP contribution in [-0.4, -0.2) is 29.0 Å². The summed E-state index contributed by atoms with van der Waals surface area (Å²) in [6.07, 6.45) is 23.8. The van der Waals surface area contributed by atoms with Crippen LogP contribution in [0.3, 0.4) is 0 Å². The van der Waals surface area contributed by atoms with Crippen molar-refractivity contribution in [3.8, 4) is 0 Å². The molecule has 2 unspecified atom stereocenters. The Morgan fingerprint density at radius 2 is 1.04 bits per heavy atom. The Labute approximate surface area is 169 Å². The fourth-order valence-corrected chi connectivity index (χ4v) is 3.87. The van der Waals surface area contributed by atoms with Crippen LogP contribution in [0.4, 0.5) is 0 Å². The lowest BCUT2D eigenvalue weighted by molar-refractivity contribution is 0.115. The lowest BCUT2D eigenvalue weighted by Crippen LogP contribution is -2.15. The van der Waals surface area contributed by atoms with E-state index in [1.165, 1.54) is 83.5 Å². The van der Waals surface area contributed by atoms with Crippen molar-refractivity contribution in [2.75, 3.05) is 6.54 Å². The molecule has 0 amide bonds. The predicted octanol–water partition coefficient (Wildman–Crippen LogP) is 6.12. The number of rotatable bonds is 20. The van der Waals surface area contributed by atoms with Crippen LogP contribution in [0.5, 0.6) is 0 Å². The van der Waals surface area contributed by atoms with Crippen LogP contribution in [-0.2, 0) is 0 Å². The zero-order valence-electron chi connectivity index (χ0n) is 18.4. The maximum Gasteiger partial charge on any atom is 0.0514 e. The van der Waals surface area contributed by atoms with Gasteiger partial charge in [0.25, 0.3) is 0 Å². The second kappa shape index (κ2) is 20.4. The summed E-state index contributed by atoms with van der Waals surface area (Å²) in [5.41, 5.74) is 5.50. The van der Waals surface area contributed by atoms with Gasteiger partial charge in [0.2, 0.25) is 0 Å². The Balaban J connectivity index is 3.40. The molecular weight excluding hydrogens is 334 g/mol. The molecule has 0 aromatic heterocycles. The Morgan fingerprint density at radius 3 is 1.48 bits per heavy atom. The molecule has 0 aliphatic rings. The average Bonchev–Trinajstić information content (AvgIpc) is 2.60. The van der Waals surface area contributed by atoms with Crippen LogP contribution in [0.1, 0.15) is 117 Å². The highest BCUT2D eigenvalue weighted by atomic mass is 16.3. The first-order valence-corrected chi connectivity index (χ1v) is 11.8. The minimum Gasteiger partial charge on any atom is -0.393 e. The second-order valence-electron chi connectivity index (χ2n) is 8.55. The highest BCUT2D eigenvalue weighted by Crippen LogP contribution is 2.21. The van der Waals surface area contributed by atoms with E-state index in [1.54, 1.807) is 0 Å². The largest absolute Gasteiger partial charge is 0.393 e. The van der Waals surface area contributed by atoms with Crippen molar-refractivity contribution in [2.24, 2.45) is 11.7 Å². The lowest BCUT2D eigenvalue weighted by Gasteiger charge is -2.19. The Morgan fingerprint density at radius 1 is 0.630 bits per heavy atom. The summed E-state index contributed by atoms with van der Waals surface area (Å²) in [6, 6.07) is 0. The lowest BCUT2D eigenvalue weighted by atomic mass is 9.90. The van der Waals surface area contributed by atoms with E-state index in [-0.39, 0.29) is 12.2 Å². The van der Waals surface area contributed by atoms with Gasteiger partial charge in [0, 0.05) is 0 Å². The Hall–Kier alpha value is -0.380. The summed E-state index contributed by atoms with van der Waals surface area (Å²) in [6.45, 7) is 4.55. The van der Waals surface area contributed by atoms with Crippen LogP contribution >= 0.6 is 0 Å². The van der Waals surface area contributed by atoms with Crippen molar-refractivity contribution in [1.82, 2.24) is 0 Å². The van der Waals surface area contributed by atoms with Crippen LogP contribution in [0.2, 0.25) is 0 Å². The van der Waals surface area contributed by atoms with E-state index >= 15 is 0 Å². The van der Waals surface area contributed by atoms with Gasteiger partial charge < -0.3 is 15.9 Å². The minimum absolute atomic E-state index is 0.253. The third-order valence-electron chi connectivity index (χ3n) is 5.32. The van der Waals surface area contributed by atoms with Crippen molar-refractivity contribution in [3.05, 3.63) is 12.2 Å². The maximum atomic E-state index is 9.58. The van der Waals surface area contributed by atoms with Gasteiger partial charge in [-0.25, -0.2) is 0 Å². The number of hydrogen-bond donors (Lipinski definition) is 3. The quantitative estimate of drug-likeness (QED) is 0.175. The molecule has 0 saturated carbocycles. The first-order chi connectivity index (χ1) is 13.1. The molecule has 0 spiro atoms. The fraction of sp³-hybridized carbons (Fsp3) is 0.917. The smallest absolute Gasteiger partial charge is 0.0514 e. The summed E-state index contributed by atoms with van der Waals surface area (Å²) < 4.78 is 0. The first-order valence-electron chi connectivity index (χ1n) is 11.8. The van der Waals surface area contributed by atoms with Gasteiger partial charge in [0.15, 0.2) is 0 Å². The van der Waals surface area contributed by atoms with E-state index in [4.69, 9.17) is 5.73 Å². The average molecular weight is 384 g/mol. The third kappa shape index (κ3) is 21.8. The molecule has 3 nitrogen and oxygen atoms in total. The topological polar surface area (TPSA) is 66.5 Å². The van der Waals surface area contributed by atoms with Gasteiger partial charge in [0.05, 0.1) is 12.2 Å². The zero-order chi connectivity index (χ0) is 20.2. The van der Waals surface area contributed by atoms with E-state index in [1.807, 2.05) is 13.8 Å². The molecule has 0 aliphatic heterocycles. The van der Waals surface area contributed by atoms with E-state index in [9.17, 15) is 10.2 Å². The summed E-state index contributed by atoms with van der Waals surface area (Å²) >= 11 is 0. The molecule has 0 aliphatic carbocycles. The molecule has 0 bridgehead atoms. The summed E-state index contributed by atoms with van der Waals surface area (Å²) in [5.74, 6) is 0.466. The van der Waals surface area contributed by atoms with E-state index < -0.39 is 0 Å². The normalized spacial score (nSPS) is 15.3. The van der Waals surface area contributed by atoms with E-state index in [0.717, 1.165) is 25.8 Å². The fourth-order valence-electron chi connectivity index (χ4n) is 3.87. The summed E-state index contributed by atoms with van der Waals surface area (Å²) in [5, 5.41) is 19.2. The van der Waals surface area contributed by atoms with E-state index in [2.05, 4.69) is 12.2 Å². The molecular formula is C24H49NO2. The van der Waals surface area contributed by atoms with Crippen LogP contribution < -0.4 is 5.73 Å². The molecule has 2 atom stereocenters. The van der Waals surface area contributed by atoms with Crippen molar-refractivity contribution < 1.29 is 10.2 Å². The minimum atomic E-state index is -0.253. The van der Waals surface area contributed by atoms with Crippen LogP contribution in [0.25, 0.3) is 0 Å². The first kappa shape index (κ1) is 26.6. The predicted molar refractivity (Wildman–Crippen MR) is 119 cm³/mol. The van der Waals surface area contributed by atoms with Crippen LogP contribution in [0.15, 0.2) is 12.2 Å². The maximum absolute atomic E-state index is 9.58. The molecule has 0 fully saturated rings. The van der Waals surface area contributed by atoms with Gasteiger partial charge in [-0.3, -0.25) is 0 Å². The van der Waals surface area contributed by atoms with Gasteiger partial charge in [-0.05, 0) is 71.3 Å². The molecule has 0 heterocycles. The number of hydrogen-bond acceptors (Lipinski definition) is 3. The highest BCUT2D eigenvalue weighted by Gasteiger charge is 2.14. The Kier molecular flexibility index (Phi) is 20.1. The molecule has 0 rings (SSSR count). The molecule has 4 N–H and O–H groups in total. The second-order valence-corrected chi connectivity index (χ2v) is 8.55. The molecule has 3 heteroatoms. The van der Waals surface area contributed by atoms with Crippen molar-refractivity contribution in [2.45, 2.75) is 129 Å². The summed E-state index contributed by atoms with van der Waals surface area (Å²) in [7, 11) is 0. The Bertz CT molecular complexity index is 306. The van der Waals surface area contributed by atoms with E-state index in [0.29, 0.717) is 5.92 Å². The van der Waals surface area contributed by atoms with Crippen molar-refractivity contribution in [3.63, 3.8) is 0 Å². The van der Waals surface area contributed by atoms with Gasteiger partial charge in [-0.15, -0.1) is 0 Å². The molecule has 0 saturated heterocycles. The third-order valence-corrected chi connectivity index (χ3v) is 5.32.